The van der Waals surface area contributed by atoms with Gasteiger partial charge in [-0.25, -0.2) is 0 Å². The molecule has 0 N–H and O–H groups in total. The third-order valence-electron chi connectivity index (χ3n) is 2.11. The number of imide groups is 1. The van der Waals surface area contributed by atoms with Gasteiger partial charge in [-0.15, -0.1) is 11.6 Å². The molecular formula is C11H12ClNO2. The van der Waals surface area contributed by atoms with E-state index in [0.29, 0.717) is 11.4 Å². The Morgan fingerprint density at radius 3 is 2.60 bits per heavy atom. The smallest absolute Gasteiger partial charge is 0.260 e. The number of nitrogens with zero attached hydrogens (tertiary/aromatic N) is 1. The molecule has 0 fully saturated rings. The third-order valence-corrected chi connectivity index (χ3v) is 2.41. The van der Waals surface area contributed by atoms with Gasteiger partial charge >= 0.3 is 0 Å². The summed E-state index contributed by atoms with van der Waals surface area (Å²) in [5.41, 5.74) is 1.34. The molecule has 0 spiro atoms. The van der Waals surface area contributed by atoms with Crippen LogP contribution >= 0.6 is 11.6 Å². The first-order chi connectivity index (χ1) is 7.06. The van der Waals surface area contributed by atoms with Crippen molar-refractivity contribution < 1.29 is 9.59 Å². The van der Waals surface area contributed by atoms with Crippen LogP contribution in [0.3, 0.4) is 0 Å². The molecule has 3 nitrogen and oxygen atoms in total. The van der Waals surface area contributed by atoms with Gasteiger partial charge in [-0.2, -0.15) is 0 Å². The van der Waals surface area contributed by atoms with E-state index in [2.05, 4.69) is 0 Å². The number of amides is 2. The SMILES string of the molecule is CC(=O)N(C)C(=O)c1cccc(CCl)c1. The largest absolute Gasteiger partial charge is 0.282 e. The molecule has 1 aromatic rings. The number of halogens is 1. The van der Waals surface area contributed by atoms with E-state index in [-0.39, 0.29) is 11.8 Å². The molecule has 0 heterocycles. The van der Waals surface area contributed by atoms with Crippen molar-refractivity contribution in [3.63, 3.8) is 0 Å². The fraction of sp³-hybridized carbons (Fsp3) is 0.273. The number of rotatable bonds is 2. The first kappa shape index (κ1) is 11.7. The summed E-state index contributed by atoms with van der Waals surface area (Å²) in [6.45, 7) is 1.35. The molecule has 2 amide bonds. The molecule has 0 aliphatic carbocycles. The zero-order valence-corrected chi connectivity index (χ0v) is 9.41. The zero-order valence-electron chi connectivity index (χ0n) is 8.66. The minimum absolute atomic E-state index is 0.281. The van der Waals surface area contributed by atoms with E-state index in [9.17, 15) is 9.59 Å². The van der Waals surface area contributed by atoms with Crippen LogP contribution in [0.25, 0.3) is 0 Å². The molecule has 0 saturated carbocycles. The summed E-state index contributed by atoms with van der Waals surface area (Å²) in [6, 6.07) is 6.93. The summed E-state index contributed by atoms with van der Waals surface area (Å²) in [4.78, 5) is 23.8. The lowest BCUT2D eigenvalue weighted by atomic mass is 10.1. The van der Waals surface area contributed by atoms with Gasteiger partial charge < -0.3 is 0 Å². The van der Waals surface area contributed by atoms with Crippen LogP contribution in [0.1, 0.15) is 22.8 Å². The second kappa shape index (κ2) is 4.94. The highest BCUT2D eigenvalue weighted by Gasteiger charge is 2.14. The minimum atomic E-state index is -0.311. The highest BCUT2D eigenvalue weighted by molar-refractivity contribution is 6.17. The quantitative estimate of drug-likeness (QED) is 0.723. The molecule has 0 unspecified atom stereocenters. The molecule has 1 rings (SSSR count). The molecule has 0 aliphatic rings. The Bertz CT molecular complexity index is 390. The average Bonchev–Trinajstić information content (AvgIpc) is 2.27. The lowest BCUT2D eigenvalue weighted by Crippen LogP contribution is -2.31. The maximum atomic E-state index is 11.7. The van der Waals surface area contributed by atoms with E-state index in [0.717, 1.165) is 10.5 Å². The van der Waals surface area contributed by atoms with Gasteiger partial charge in [-0.1, -0.05) is 12.1 Å². The van der Waals surface area contributed by atoms with Crippen molar-refractivity contribution in [2.24, 2.45) is 0 Å². The van der Waals surface area contributed by atoms with E-state index in [1.807, 2.05) is 6.07 Å². The average molecular weight is 226 g/mol. The standard InChI is InChI=1S/C11H12ClNO2/c1-8(14)13(2)11(15)10-5-3-4-9(6-10)7-12/h3-6H,7H2,1-2H3. The molecule has 0 aromatic heterocycles. The van der Waals surface area contributed by atoms with Crippen molar-refractivity contribution >= 4 is 23.4 Å². The van der Waals surface area contributed by atoms with E-state index < -0.39 is 0 Å². The Hall–Kier alpha value is -1.35. The fourth-order valence-corrected chi connectivity index (χ4v) is 1.29. The molecule has 80 valence electrons. The molecule has 4 heteroatoms. The van der Waals surface area contributed by atoms with Gasteiger partial charge in [0.05, 0.1) is 0 Å². The Balaban J connectivity index is 2.96. The lowest BCUT2D eigenvalue weighted by Gasteiger charge is -2.12. The van der Waals surface area contributed by atoms with Crippen LogP contribution < -0.4 is 0 Å². The van der Waals surface area contributed by atoms with Gasteiger partial charge in [-0.3, -0.25) is 14.5 Å². The lowest BCUT2D eigenvalue weighted by molar-refractivity contribution is -0.125. The number of hydrogen-bond acceptors (Lipinski definition) is 2. The Morgan fingerprint density at radius 2 is 2.07 bits per heavy atom. The molecule has 0 aliphatic heterocycles. The molecule has 0 saturated heterocycles. The topological polar surface area (TPSA) is 37.4 Å². The number of hydrogen-bond donors (Lipinski definition) is 0. The first-order valence-corrected chi connectivity index (χ1v) is 5.03. The Labute approximate surface area is 93.6 Å². The second-order valence-electron chi connectivity index (χ2n) is 3.22. The van der Waals surface area contributed by atoms with Crippen LogP contribution in [0.15, 0.2) is 24.3 Å². The van der Waals surface area contributed by atoms with Crippen molar-refractivity contribution in [3.05, 3.63) is 35.4 Å². The number of benzene rings is 1. The van der Waals surface area contributed by atoms with Crippen molar-refractivity contribution in [3.8, 4) is 0 Å². The Kier molecular flexibility index (Phi) is 3.86. The van der Waals surface area contributed by atoms with Crippen LogP contribution in [0, 0.1) is 0 Å². The maximum absolute atomic E-state index is 11.7. The predicted molar refractivity (Wildman–Crippen MR) is 58.8 cm³/mol. The van der Waals surface area contributed by atoms with Gasteiger partial charge in [0.15, 0.2) is 0 Å². The van der Waals surface area contributed by atoms with Crippen LogP contribution in [0.2, 0.25) is 0 Å². The molecule has 0 bridgehead atoms. The monoisotopic (exact) mass is 225 g/mol. The van der Waals surface area contributed by atoms with E-state index in [4.69, 9.17) is 11.6 Å². The van der Waals surface area contributed by atoms with Crippen LogP contribution in [-0.4, -0.2) is 23.8 Å². The minimum Gasteiger partial charge on any atom is -0.282 e. The fourth-order valence-electron chi connectivity index (χ4n) is 1.12. The number of carbonyl (C=O) groups is 2. The van der Waals surface area contributed by atoms with Gasteiger partial charge in [0, 0.05) is 25.4 Å². The molecule has 0 atom stereocenters. The van der Waals surface area contributed by atoms with E-state index >= 15 is 0 Å². The van der Waals surface area contributed by atoms with E-state index in [1.165, 1.54) is 14.0 Å². The van der Waals surface area contributed by atoms with Crippen LogP contribution in [-0.2, 0) is 10.7 Å². The Morgan fingerprint density at radius 1 is 1.40 bits per heavy atom. The summed E-state index contributed by atoms with van der Waals surface area (Å²) in [7, 11) is 1.46. The summed E-state index contributed by atoms with van der Waals surface area (Å²) in [6.07, 6.45) is 0. The zero-order chi connectivity index (χ0) is 11.4. The molecular weight excluding hydrogens is 214 g/mol. The van der Waals surface area contributed by atoms with Crippen LogP contribution in [0.4, 0.5) is 0 Å². The van der Waals surface area contributed by atoms with E-state index in [1.54, 1.807) is 18.2 Å². The van der Waals surface area contributed by atoms with Crippen LogP contribution in [0.5, 0.6) is 0 Å². The molecule has 1 aromatic carbocycles. The normalized spacial score (nSPS) is 9.80. The van der Waals surface area contributed by atoms with Gasteiger partial charge in [0.25, 0.3) is 5.91 Å². The summed E-state index contributed by atoms with van der Waals surface area (Å²) < 4.78 is 0. The van der Waals surface area contributed by atoms with Crippen molar-refractivity contribution in [1.29, 1.82) is 0 Å². The summed E-state index contributed by atoms with van der Waals surface area (Å²) in [5.74, 6) is -0.240. The highest BCUT2D eigenvalue weighted by Crippen LogP contribution is 2.09. The predicted octanol–water partition coefficient (Wildman–Crippen LogP) is 2.04. The highest BCUT2D eigenvalue weighted by atomic mass is 35.5. The van der Waals surface area contributed by atoms with Gasteiger partial charge in [0.2, 0.25) is 5.91 Å². The summed E-state index contributed by atoms with van der Waals surface area (Å²) in [5, 5.41) is 0. The van der Waals surface area contributed by atoms with Gasteiger partial charge in [-0.05, 0) is 17.7 Å². The van der Waals surface area contributed by atoms with Gasteiger partial charge in [0.1, 0.15) is 0 Å². The van der Waals surface area contributed by atoms with Crippen molar-refractivity contribution in [2.75, 3.05) is 7.05 Å². The third kappa shape index (κ3) is 2.80. The molecule has 15 heavy (non-hydrogen) atoms. The van der Waals surface area contributed by atoms with Crippen molar-refractivity contribution in [2.45, 2.75) is 12.8 Å². The maximum Gasteiger partial charge on any atom is 0.260 e. The number of alkyl halides is 1. The molecule has 0 radical (unpaired) electrons. The summed E-state index contributed by atoms with van der Waals surface area (Å²) >= 11 is 5.65. The second-order valence-corrected chi connectivity index (χ2v) is 3.48. The first-order valence-electron chi connectivity index (χ1n) is 4.49. The number of carbonyl (C=O) groups excluding carboxylic acids is 2. The van der Waals surface area contributed by atoms with Crippen molar-refractivity contribution in [1.82, 2.24) is 4.90 Å².